The highest BCUT2D eigenvalue weighted by atomic mass is 19.1. The van der Waals surface area contributed by atoms with Crippen molar-refractivity contribution in [2.75, 3.05) is 25.2 Å². The number of rotatable bonds is 9. The van der Waals surface area contributed by atoms with Gasteiger partial charge in [-0.15, -0.1) is 19.7 Å². The Bertz CT molecular complexity index is 1460. The van der Waals surface area contributed by atoms with Crippen LogP contribution in [0, 0.1) is 18.6 Å². The van der Waals surface area contributed by atoms with Gasteiger partial charge >= 0.3 is 0 Å². The van der Waals surface area contributed by atoms with Crippen molar-refractivity contribution in [1.29, 1.82) is 0 Å². The minimum atomic E-state index is -0.483. The number of benzene rings is 3. The second-order valence-corrected chi connectivity index (χ2v) is 10.1. The molecule has 1 heterocycles. The van der Waals surface area contributed by atoms with Crippen LogP contribution in [-0.2, 0) is 0 Å². The third kappa shape index (κ3) is 20.9. The maximum absolute atomic E-state index is 13.8. The summed E-state index contributed by atoms with van der Waals surface area (Å²) in [5, 5.41) is 1.05. The molecule has 0 saturated carbocycles. The average Bonchev–Trinajstić information content (AvgIpc) is 3.47. The number of nitrogens with one attached hydrogen (secondary N) is 1. The van der Waals surface area contributed by atoms with E-state index in [-0.39, 0.29) is 17.5 Å². The number of nitrogens with zero attached hydrogens (tertiary/aromatic N) is 2. The van der Waals surface area contributed by atoms with Gasteiger partial charge in [0.05, 0.1) is 5.83 Å². The average molecular weight is 680 g/mol. The van der Waals surface area contributed by atoms with E-state index in [4.69, 9.17) is 0 Å². The lowest BCUT2D eigenvalue weighted by molar-refractivity contribution is 0.489. The third-order valence-corrected chi connectivity index (χ3v) is 5.82. The van der Waals surface area contributed by atoms with E-state index in [1.54, 1.807) is 48.5 Å². The molecule has 0 aliphatic rings. The van der Waals surface area contributed by atoms with Crippen LogP contribution in [0.25, 0.3) is 10.9 Å². The number of fused-ring (bicyclic) bond motifs is 1. The van der Waals surface area contributed by atoms with E-state index < -0.39 is 6.67 Å². The molecule has 1 N–H and O–H groups in total. The van der Waals surface area contributed by atoms with Crippen molar-refractivity contribution >= 4 is 28.0 Å². The van der Waals surface area contributed by atoms with Crippen molar-refractivity contribution < 1.29 is 17.6 Å². The number of aromatic nitrogens is 1. The fourth-order valence-corrected chi connectivity index (χ4v) is 3.63. The second kappa shape index (κ2) is 29.4. The van der Waals surface area contributed by atoms with Gasteiger partial charge in [-0.3, -0.25) is 0 Å². The summed E-state index contributed by atoms with van der Waals surface area (Å²) in [6.45, 7) is 23.7. The van der Waals surface area contributed by atoms with Gasteiger partial charge in [-0.25, -0.2) is 17.6 Å². The van der Waals surface area contributed by atoms with E-state index in [1.807, 2.05) is 69.0 Å². The standard InChI is InChI=1S/C21H16F2N2.C8H13F2N.2C4H8.C3H6.C2H6/c1-14-10-15-11-20(8-9-21(15)24-14)25(18-6-2-4-16(22)12-18)19-7-3-5-17(23)13-19;1-8(10)4-7-11(2)6-3-5-9;2*1-3-4-2;1-3-2;1-2/h2-13,24H,1H3;3-4,6H,5,7H2,1-2H3;2*3H,1,4H2,2H3;3H,1H2,2H3;1-2H3/b;6-3+,8-4+;;;;. The molecule has 3 nitrogen and oxygen atoms in total. The first-order chi connectivity index (χ1) is 23.5. The first-order valence-electron chi connectivity index (χ1n) is 16.5. The van der Waals surface area contributed by atoms with E-state index in [0.29, 0.717) is 17.9 Å². The van der Waals surface area contributed by atoms with Crippen molar-refractivity contribution in [3.05, 3.63) is 152 Å². The second-order valence-electron chi connectivity index (χ2n) is 10.1. The van der Waals surface area contributed by atoms with E-state index in [0.717, 1.165) is 35.1 Å². The summed E-state index contributed by atoms with van der Waals surface area (Å²) in [5.41, 5.74) is 4.20. The number of hydrogen-bond acceptors (Lipinski definition) is 2. The van der Waals surface area contributed by atoms with Gasteiger partial charge in [0.15, 0.2) is 0 Å². The Morgan fingerprint density at radius 1 is 0.816 bits per heavy atom. The largest absolute Gasteiger partial charge is 0.377 e. The van der Waals surface area contributed by atoms with Gasteiger partial charge in [0, 0.05) is 47.3 Å². The zero-order valence-electron chi connectivity index (χ0n) is 30.7. The summed E-state index contributed by atoms with van der Waals surface area (Å²) in [6.07, 6.45) is 12.1. The molecule has 0 aliphatic carbocycles. The molecule has 0 amide bonds. The summed E-state index contributed by atoms with van der Waals surface area (Å²) < 4.78 is 51.2. The molecule has 0 saturated heterocycles. The minimum Gasteiger partial charge on any atom is -0.377 e. The lowest BCUT2D eigenvalue weighted by atomic mass is 10.1. The molecular formula is C42H57F4N3. The van der Waals surface area contributed by atoms with Gasteiger partial charge in [-0.05, 0) is 113 Å². The first kappa shape index (κ1) is 46.3. The van der Waals surface area contributed by atoms with Gasteiger partial charge in [0.25, 0.3) is 0 Å². The van der Waals surface area contributed by atoms with E-state index >= 15 is 0 Å². The molecule has 268 valence electrons. The summed E-state index contributed by atoms with van der Waals surface area (Å²) in [5.74, 6) is -0.888. The number of aryl methyl sites for hydroxylation is 1. The number of allylic oxidation sites excluding steroid dienone is 5. The van der Waals surface area contributed by atoms with Crippen molar-refractivity contribution in [3.63, 3.8) is 0 Å². The van der Waals surface area contributed by atoms with Crippen LogP contribution in [0.4, 0.5) is 34.6 Å². The Labute approximate surface area is 293 Å². The summed E-state index contributed by atoms with van der Waals surface area (Å²) in [4.78, 5) is 6.82. The van der Waals surface area contributed by atoms with Gasteiger partial charge < -0.3 is 14.8 Å². The van der Waals surface area contributed by atoms with Crippen molar-refractivity contribution in [1.82, 2.24) is 9.88 Å². The molecule has 0 unspecified atom stereocenters. The molecule has 4 rings (SSSR count). The summed E-state index contributed by atoms with van der Waals surface area (Å²) in [6, 6.07) is 20.6. The van der Waals surface area contributed by atoms with Crippen LogP contribution in [0.15, 0.2) is 135 Å². The van der Waals surface area contributed by atoms with Crippen LogP contribution in [0.1, 0.15) is 60.1 Å². The Morgan fingerprint density at radius 2 is 1.29 bits per heavy atom. The smallest absolute Gasteiger partial charge is 0.125 e. The molecule has 1 aromatic heterocycles. The zero-order valence-corrected chi connectivity index (χ0v) is 30.7. The van der Waals surface area contributed by atoms with Crippen LogP contribution < -0.4 is 4.90 Å². The fourth-order valence-electron chi connectivity index (χ4n) is 3.63. The third-order valence-electron chi connectivity index (χ3n) is 5.82. The Balaban J connectivity index is 0. The molecule has 7 heteroatoms. The van der Waals surface area contributed by atoms with Crippen molar-refractivity contribution in [2.45, 2.75) is 61.3 Å². The van der Waals surface area contributed by atoms with Crippen LogP contribution in [0.2, 0.25) is 0 Å². The van der Waals surface area contributed by atoms with Crippen LogP contribution in [-0.4, -0.2) is 30.2 Å². The highest BCUT2D eigenvalue weighted by molar-refractivity contribution is 5.88. The highest BCUT2D eigenvalue weighted by Crippen LogP contribution is 2.36. The fraction of sp³-hybridized carbons (Fsp3) is 0.286. The normalized spacial score (nSPS) is 9.84. The van der Waals surface area contributed by atoms with Crippen LogP contribution >= 0.6 is 0 Å². The topological polar surface area (TPSA) is 22.3 Å². The number of hydrogen-bond donors (Lipinski definition) is 1. The molecule has 49 heavy (non-hydrogen) atoms. The lowest BCUT2D eigenvalue weighted by Gasteiger charge is -2.25. The zero-order chi connectivity index (χ0) is 37.6. The van der Waals surface area contributed by atoms with E-state index in [9.17, 15) is 17.6 Å². The molecule has 0 bridgehead atoms. The van der Waals surface area contributed by atoms with Crippen LogP contribution in [0.3, 0.4) is 0 Å². The molecule has 4 aromatic rings. The molecular weight excluding hydrogens is 622 g/mol. The van der Waals surface area contributed by atoms with Gasteiger partial charge in [0.2, 0.25) is 0 Å². The highest BCUT2D eigenvalue weighted by Gasteiger charge is 2.14. The van der Waals surface area contributed by atoms with E-state index in [1.165, 1.54) is 43.3 Å². The lowest BCUT2D eigenvalue weighted by Crippen LogP contribution is -2.10. The van der Waals surface area contributed by atoms with Crippen LogP contribution in [0.5, 0.6) is 0 Å². The Kier molecular flexibility index (Phi) is 27.8. The first-order valence-corrected chi connectivity index (χ1v) is 16.5. The number of anilines is 3. The molecule has 3 aromatic carbocycles. The molecule has 0 atom stereocenters. The number of likely N-dealkylation sites (N-methyl/N-ethyl adjacent to an activating group) is 1. The van der Waals surface area contributed by atoms with Gasteiger partial charge in [-0.1, -0.05) is 58.1 Å². The summed E-state index contributed by atoms with van der Waals surface area (Å²) in [7, 11) is 1.76. The van der Waals surface area contributed by atoms with Crippen molar-refractivity contribution in [3.8, 4) is 0 Å². The molecule has 0 aliphatic heterocycles. The maximum atomic E-state index is 13.8. The quantitative estimate of drug-likeness (QED) is 0.140. The number of H-pyrrole nitrogens is 1. The van der Waals surface area contributed by atoms with Gasteiger partial charge in [-0.2, -0.15) is 0 Å². The summed E-state index contributed by atoms with van der Waals surface area (Å²) >= 11 is 0. The Morgan fingerprint density at radius 3 is 1.69 bits per heavy atom. The monoisotopic (exact) mass is 679 g/mol. The molecule has 0 fully saturated rings. The Hall–Kier alpha value is -4.78. The number of aromatic amines is 1. The predicted molar refractivity (Wildman–Crippen MR) is 208 cm³/mol. The maximum Gasteiger partial charge on any atom is 0.125 e. The minimum absolute atomic E-state index is 0.217. The van der Waals surface area contributed by atoms with Gasteiger partial charge in [0.1, 0.15) is 18.3 Å². The SMILES string of the molecule is C/C(F)=C\CN(C)/C=C/CF.C=CC.C=CCC.C=CCC.CC.Cc1cc2cc(N(c3cccc(F)c3)c3cccc(F)c3)ccc2[nH]1. The van der Waals surface area contributed by atoms with Crippen molar-refractivity contribution in [2.24, 2.45) is 0 Å². The molecule has 0 radical (unpaired) electrons. The number of halogens is 4. The molecule has 0 spiro atoms. The number of alkyl halides is 1. The van der Waals surface area contributed by atoms with E-state index in [2.05, 4.69) is 38.6 Å². The predicted octanol–water partition coefficient (Wildman–Crippen LogP) is 13.9.